The van der Waals surface area contributed by atoms with Crippen LogP contribution in [0.1, 0.15) is 12.5 Å². The number of benzene rings is 1. The van der Waals surface area contributed by atoms with Crippen molar-refractivity contribution in [2.24, 2.45) is 0 Å². The third kappa shape index (κ3) is 3.61. The molecular weight excluding hydrogens is 414 g/mol. The highest BCUT2D eigenvalue weighted by Gasteiger charge is 2.24. The van der Waals surface area contributed by atoms with E-state index in [1.807, 2.05) is 18.3 Å². The minimum absolute atomic E-state index is 0.305. The number of hydrogen-bond acceptors (Lipinski definition) is 6. The molecule has 5 rings (SSSR count). The molecule has 0 spiro atoms. The fraction of sp³-hybridized carbons (Fsp3) is 0.261. The summed E-state index contributed by atoms with van der Waals surface area (Å²) >= 11 is 7.93. The van der Waals surface area contributed by atoms with Crippen LogP contribution in [0.3, 0.4) is 0 Å². The van der Waals surface area contributed by atoms with Gasteiger partial charge < -0.3 is 9.80 Å². The standard InChI is InChI=1S/C23H22ClN5S/c1-2-16-6-8-17(9-7-16)18-15-30-22-20(18)21(26-23(24)27-22)29-13-11-28(12-14-29)19-5-3-4-10-25-19/h3-10,15H,2,11-14H2,1H3. The molecule has 1 aliphatic heterocycles. The predicted octanol–water partition coefficient (Wildman–Crippen LogP) is 5.30. The van der Waals surface area contributed by atoms with Crippen molar-refractivity contribution in [3.05, 3.63) is 64.9 Å². The molecule has 1 aromatic carbocycles. The largest absolute Gasteiger partial charge is 0.353 e. The Bertz CT molecular complexity index is 1150. The van der Waals surface area contributed by atoms with E-state index in [1.165, 1.54) is 16.7 Å². The summed E-state index contributed by atoms with van der Waals surface area (Å²) in [5.74, 6) is 1.96. The van der Waals surface area contributed by atoms with E-state index in [2.05, 4.69) is 67.4 Å². The van der Waals surface area contributed by atoms with Crippen LogP contribution < -0.4 is 9.80 Å². The second kappa shape index (κ2) is 8.20. The Morgan fingerprint density at radius 2 is 1.73 bits per heavy atom. The molecule has 5 nitrogen and oxygen atoms in total. The second-order valence-corrected chi connectivity index (χ2v) is 8.55. The lowest BCUT2D eigenvalue weighted by molar-refractivity contribution is 0.643. The minimum atomic E-state index is 0.305. The van der Waals surface area contributed by atoms with Crippen LogP contribution in [0.4, 0.5) is 11.6 Å². The van der Waals surface area contributed by atoms with E-state index < -0.39 is 0 Å². The van der Waals surface area contributed by atoms with Gasteiger partial charge in [0.1, 0.15) is 16.5 Å². The average Bonchev–Trinajstić information content (AvgIpc) is 3.23. The van der Waals surface area contributed by atoms with Gasteiger partial charge >= 0.3 is 0 Å². The highest BCUT2D eigenvalue weighted by Crippen LogP contribution is 2.39. The summed E-state index contributed by atoms with van der Waals surface area (Å²) < 4.78 is 0. The van der Waals surface area contributed by atoms with Gasteiger partial charge in [0.2, 0.25) is 5.28 Å². The quantitative estimate of drug-likeness (QED) is 0.407. The average molecular weight is 436 g/mol. The molecule has 152 valence electrons. The zero-order chi connectivity index (χ0) is 20.5. The number of halogens is 1. The van der Waals surface area contributed by atoms with Crippen LogP contribution in [-0.2, 0) is 6.42 Å². The summed E-state index contributed by atoms with van der Waals surface area (Å²) in [7, 11) is 0. The summed E-state index contributed by atoms with van der Waals surface area (Å²) in [5.41, 5.74) is 3.71. The maximum atomic E-state index is 6.30. The van der Waals surface area contributed by atoms with E-state index >= 15 is 0 Å². The van der Waals surface area contributed by atoms with Crippen molar-refractivity contribution in [3.8, 4) is 11.1 Å². The molecule has 0 unspecified atom stereocenters. The van der Waals surface area contributed by atoms with Crippen molar-refractivity contribution in [2.75, 3.05) is 36.0 Å². The first-order valence-electron chi connectivity index (χ1n) is 10.2. The topological polar surface area (TPSA) is 45.2 Å². The molecule has 30 heavy (non-hydrogen) atoms. The Hall–Kier alpha value is -2.70. The van der Waals surface area contributed by atoms with Crippen molar-refractivity contribution in [2.45, 2.75) is 13.3 Å². The highest BCUT2D eigenvalue weighted by atomic mass is 35.5. The number of fused-ring (bicyclic) bond motifs is 1. The summed E-state index contributed by atoms with van der Waals surface area (Å²) in [5, 5.41) is 3.57. The lowest BCUT2D eigenvalue weighted by Gasteiger charge is -2.36. The normalized spacial score (nSPS) is 14.5. The molecule has 1 fully saturated rings. The third-order valence-electron chi connectivity index (χ3n) is 5.61. The minimum Gasteiger partial charge on any atom is -0.353 e. The Kier molecular flexibility index (Phi) is 5.27. The number of piperazine rings is 1. The lowest BCUT2D eigenvalue weighted by atomic mass is 10.0. The van der Waals surface area contributed by atoms with Gasteiger partial charge in [0.25, 0.3) is 0 Å². The molecule has 0 radical (unpaired) electrons. The number of pyridine rings is 1. The fourth-order valence-electron chi connectivity index (χ4n) is 3.95. The summed E-state index contributed by atoms with van der Waals surface area (Å²) in [6.45, 7) is 5.69. The van der Waals surface area contributed by atoms with Crippen molar-refractivity contribution >= 4 is 44.8 Å². The molecule has 0 amide bonds. The summed E-state index contributed by atoms with van der Waals surface area (Å²) in [6.07, 6.45) is 2.88. The smallest absolute Gasteiger partial charge is 0.225 e. The van der Waals surface area contributed by atoms with Gasteiger partial charge in [-0.1, -0.05) is 37.3 Å². The van der Waals surface area contributed by atoms with Crippen LogP contribution in [0.2, 0.25) is 5.28 Å². The Balaban J connectivity index is 1.49. The number of anilines is 2. The van der Waals surface area contributed by atoms with Crippen LogP contribution in [0.15, 0.2) is 54.0 Å². The van der Waals surface area contributed by atoms with Gasteiger partial charge in [0.15, 0.2) is 0 Å². The van der Waals surface area contributed by atoms with Gasteiger partial charge in [-0.15, -0.1) is 11.3 Å². The molecule has 4 heterocycles. The number of aromatic nitrogens is 3. The van der Waals surface area contributed by atoms with Crippen molar-refractivity contribution in [1.29, 1.82) is 0 Å². The maximum Gasteiger partial charge on any atom is 0.225 e. The zero-order valence-corrected chi connectivity index (χ0v) is 18.3. The van der Waals surface area contributed by atoms with E-state index in [0.29, 0.717) is 5.28 Å². The number of hydrogen-bond donors (Lipinski definition) is 0. The third-order valence-corrected chi connectivity index (χ3v) is 6.65. The second-order valence-electron chi connectivity index (χ2n) is 7.36. The van der Waals surface area contributed by atoms with Gasteiger partial charge in [-0.2, -0.15) is 4.98 Å². The fourth-order valence-corrected chi connectivity index (χ4v) is 5.10. The molecule has 1 saturated heterocycles. The van der Waals surface area contributed by atoms with Crippen LogP contribution in [-0.4, -0.2) is 41.1 Å². The van der Waals surface area contributed by atoms with Gasteiger partial charge in [0.05, 0.1) is 5.39 Å². The van der Waals surface area contributed by atoms with E-state index in [1.54, 1.807) is 11.3 Å². The molecule has 0 aliphatic carbocycles. The summed E-state index contributed by atoms with van der Waals surface area (Å²) in [6, 6.07) is 14.8. The van der Waals surface area contributed by atoms with Gasteiger partial charge in [-0.05, 0) is 41.3 Å². The monoisotopic (exact) mass is 435 g/mol. The molecule has 0 bridgehead atoms. The zero-order valence-electron chi connectivity index (χ0n) is 16.8. The number of rotatable bonds is 4. The van der Waals surface area contributed by atoms with E-state index in [9.17, 15) is 0 Å². The van der Waals surface area contributed by atoms with Crippen LogP contribution in [0.25, 0.3) is 21.3 Å². The summed E-state index contributed by atoms with van der Waals surface area (Å²) in [4.78, 5) is 19.2. The van der Waals surface area contributed by atoms with E-state index in [0.717, 1.165) is 54.5 Å². The molecule has 0 saturated carbocycles. The molecule has 3 aromatic heterocycles. The van der Waals surface area contributed by atoms with Crippen molar-refractivity contribution in [1.82, 2.24) is 15.0 Å². The first-order chi connectivity index (χ1) is 14.7. The number of thiophene rings is 1. The Labute approximate surface area is 185 Å². The molecule has 4 aromatic rings. The molecule has 7 heteroatoms. The van der Waals surface area contributed by atoms with Crippen molar-refractivity contribution in [3.63, 3.8) is 0 Å². The number of aryl methyl sites for hydroxylation is 1. The van der Waals surface area contributed by atoms with E-state index in [4.69, 9.17) is 11.6 Å². The molecule has 1 aliphatic rings. The van der Waals surface area contributed by atoms with Crippen LogP contribution in [0.5, 0.6) is 0 Å². The Morgan fingerprint density at radius 3 is 2.43 bits per heavy atom. The van der Waals surface area contributed by atoms with Crippen LogP contribution in [0, 0.1) is 0 Å². The van der Waals surface area contributed by atoms with Crippen LogP contribution >= 0.6 is 22.9 Å². The molecule has 0 atom stereocenters. The molecular formula is C23H22ClN5S. The number of nitrogens with zero attached hydrogens (tertiary/aromatic N) is 5. The first kappa shape index (κ1) is 19.3. The maximum absolute atomic E-state index is 6.30. The van der Waals surface area contributed by atoms with Gasteiger partial charge in [0, 0.05) is 43.3 Å². The van der Waals surface area contributed by atoms with Gasteiger partial charge in [-0.3, -0.25) is 0 Å². The lowest BCUT2D eigenvalue weighted by Crippen LogP contribution is -2.47. The molecule has 0 N–H and O–H groups in total. The first-order valence-corrected chi connectivity index (χ1v) is 11.4. The van der Waals surface area contributed by atoms with Crippen molar-refractivity contribution < 1.29 is 0 Å². The predicted molar refractivity (Wildman–Crippen MR) is 126 cm³/mol. The SMILES string of the molecule is CCc1ccc(-c2csc3nc(Cl)nc(N4CCN(c5ccccn5)CC4)c23)cc1. The van der Waals surface area contributed by atoms with E-state index in [-0.39, 0.29) is 0 Å². The Morgan fingerprint density at radius 1 is 0.967 bits per heavy atom. The van der Waals surface area contributed by atoms with Gasteiger partial charge in [-0.25, -0.2) is 9.97 Å². The highest BCUT2D eigenvalue weighted by molar-refractivity contribution is 7.17.